The predicted octanol–water partition coefficient (Wildman–Crippen LogP) is 3.08. The summed E-state index contributed by atoms with van der Waals surface area (Å²) in [5.41, 5.74) is 0.335. The lowest BCUT2D eigenvalue weighted by molar-refractivity contribution is -0.163. The first-order chi connectivity index (χ1) is 11.9. The van der Waals surface area contributed by atoms with Gasteiger partial charge >= 0.3 is 0 Å². The van der Waals surface area contributed by atoms with Crippen LogP contribution in [0.2, 0.25) is 0 Å². The maximum atomic E-state index is 13.1. The summed E-state index contributed by atoms with van der Waals surface area (Å²) in [6, 6.07) is 9.55. The second-order valence-electron chi connectivity index (χ2n) is 7.65. The fourth-order valence-corrected chi connectivity index (χ4v) is 4.47. The van der Waals surface area contributed by atoms with Gasteiger partial charge in [0.15, 0.2) is 0 Å². The SMILES string of the molecule is O=C(C1CC(F)(F)C1)N1CCCC2(CCN(c3ccccc3)C2=O)C1. The van der Waals surface area contributed by atoms with E-state index in [1.807, 2.05) is 30.3 Å². The minimum Gasteiger partial charge on any atom is -0.341 e. The molecule has 0 N–H and O–H groups in total. The van der Waals surface area contributed by atoms with Crippen molar-refractivity contribution < 1.29 is 18.4 Å². The predicted molar refractivity (Wildman–Crippen MR) is 89.3 cm³/mol. The molecule has 0 bridgehead atoms. The number of likely N-dealkylation sites (tertiary alicyclic amines) is 1. The van der Waals surface area contributed by atoms with E-state index in [4.69, 9.17) is 0 Å². The van der Waals surface area contributed by atoms with Crippen molar-refractivity contribution in [3.63, 3.8) is 0 Å². The second-order valence-corrected chi connectivity index (χ2v) is 7.65. The van der Waals surface area contributed by atoms with Gasteiger partial charge in [0.1, 0.15) is 0 Å². The number of hydrogen-bond acceptors (Lipinski definition) is 2. The van der Waals surface area contributed by atoms with E-state index in [1.165, 1.54) is 0 Å². The van der Waals surface area contributed by atoms with Crippen molar-refractivity contribution in [1.82, 2.24) is 4.90 Å². The van der Waals surface area contributed by atoms with E-state index >= 15 is 0 Å². The number of rotatable bonds is 2. The number of halogens is 2. The monoisotopic (exact) mass is 348 g/mol. The molecule has 2 amide bonds. The van der Waals surface area contributed by atoms with Gasteiger partial charge in [0.2, 0.25) is 17.7 Å². The fraction of sp³-hybridized carbons (Fsp3) is 0.579. The van der Waals surface area contributed by atoms with Crippen LogP contribution in [0.1, 0.15) is 32.1 Å². The molecule has 1 saturated carbocycles. The summed E-state index contributed by atoms with van der Waals surface area (Å²) in [7, 11) is 0. The fourth-order valence-electron chi connectivity index (χ4n) is 4.47. The molecule has 1 aliphatic carbocycles. The van der Waals surface area contributed by atoms with E-state index in [0.717, 1.165) is 18.5 Å². The normalized spacial score (nSPS) is 29.1. The van der Waals surface area contributed by atoms with Crippen LogP contribution in [0, 0.1) is 11.3 Å². The van der Waals surface area contributed by atoms with E-state index in [-0.39, 0.29) is 24.7 Å². The van der Waals surface area contributed by atoms with Crippen LogP contribution in [0.15, 0.2) is 30.3 Å². The van der Waals surface area contributed by atoms with E-state index in [2.05, 4.69) is 0 Å². The van der Waals surface area contributed by atoms with Crippen LogP contribution in [0.3, 0.4) is 0 Å². The molecule has 2 aliphatic heterocycles. The number of carbonyl (C=O) groups is 2. The van der Waals surface area contributed by atoms with E-state index in [9.17, 15) is 18.4 Å². The van der Waals surface area contributed by atoms with Gasteiger partial charge in [-0.3, -0.25) is 9.59 Å². The van der Waals surface area contributed by atoms with Gasteiger partial charge in [-0.15, -0.1) is 0 Å². The molecule has 2 heterocycles. The highest BCUT2D eigenvalue weighted by Crippen LogP contribution is 2.46. The molecule has 6 heteroatoms. The number of nitrogens with zero attached hydrogens (tertiary/aromatic N) is 2. The third-order valence-electron chi connectivity index (χ3n) is 5.91. The van der Waals surface area contributed by atoms with Crippen molar-refractivity contribution in [3.05, 3.63) is 30.3 Å². The Bertz CT molecular complexity index is 686. The average Bonchev–Trinajstić information content (AvgIpc) is 2.89. The number of para-hydroxylation sites is 1. The maximum Gasteiger partial charge on any atom is 0.249 e. The van der Waals surface area contributed by atoms with Crippen LogP contribution in [0.25, 0.3) is 0 Å². The Kier molecular flexibility index (Phi) is 3.81. The van der Waals surface area contributed by atoms with Crippen molar-refractivity contribution in [2.45, 2.75) is 38.0 Å². The van der Waals surface area contributed by atoms with Crippen LogP contribution < -0.4 is 4.90 Å². The molecule has 4 nitrogen and oxygen atoms in total. The highest BCUT2D eigenvalue weighted by atomic mass is 19.3. The molecule has 1 atom stereocenters. The van der Waals surface area contributed by atoms with Crippen LogP contribution in [0.4, 0.5) is 14.5 Å². The summed E-state index contributed by atoms with van der Waals surface area (Å²) in [6.45, 7) is 1.59. The molecule has 0 radical (unpaired) electrons. The largest absolute Gasteiger partial charge is 0.341 e. The molecule has 134 valence electrons. The molecule has 1 unspecified atom stereocenters. The minimum atomic E-state index is -2.69. The zero-order valence-electron chi connectivity index (χ0n) is 14.1. The van der Waals surface area contributed by atoms with Crippen LogP contribution in [-0.2, 0) is 9.59 Å². The lowest BCUT2D eigenvalue weighted by atomic mass is 9.76. The number of alkyl halides is 2. The number of hydrogen-bond donors (Lipinski definition) is 0. The first-order valence-corrected chi connectivity index (χ1v) is 8.94. The topological polar surface area (TPSA) is 40.6 Å². The zero-order valence-corrected chi connectivity index (χ0v) is 14.1. The van der Waals surface area contributed by atoms with Gasteiger partial charge in [0.05, 0.1) is 5.41 Å². The first kappa shape index (κ1) is 16.5. The van der Waals surface area contributed by atoms with Gasteiger partial charge < -0.3 is 9.80 Å². The zero-order chi connectivity index (χ0) is 17.7. The molecule has 1 aromatic carbocycles. The van der Waals surface area contributed by atoms with E-state index in [0.29, 0.717) is 26.1 Å². The van der Waals surface area contributed by atoms with E-state index < -0.39 is 17.3 Å². The first-order valence-electron chi connectivity index (χ1n) is 8.94. The molecule has 2 saturated heterocycles. The Morgan fingerprint density at radius 3 is 2.48 bits per heavy atom. The number of benzene rings is 1. The lowest BCUT2D eigenvalue weighted by Gasteiger charge is -2.43. The molecule has 3 aliphatic rings. The van der Waals surface area contributed by atoms with Gasteiger partial charge in [-0.2, -0.15) is 0 Å². The Labute approximate surface area is 145 Å². The minimum absolute atomic E-state index is 0.0649. The van der Waals surface area contributed by atoms with E-state index in [1.54, 1.807) is 9.80 Å². The van der Waals surface area contributed by atoms with Gasteiger partial charge in [-0.25, -0.2) is 8.78 Å². The molecule has 0 aromatic heterocycles. The van der Waals surface area contributed by atoms with Crippen LogP contribution in [-0.4, -0.2) is 42.3 Å². The molecule has 1 aromatic rings. The van der Waals surface area contributed by atoms with Gasteiger partial charge in [-0.1, -0.05) is 18.2 Å². The van der Waals surface area contributed by atoms with Crippen molar-refractivity contribution in [2.75, 3.05) is 24.5 Å². The second kappa shape index (κ2) is 5.78. The van der Waals surface area contributed by atoms with Crippen molar-refractivity contribution in [3.8, 4) is 0 Å². The Morgan fingerprint density at radius 2 is 1.80 bits per heavy atom. The molecule has 25 heavy (non-hydrogen) atoms. The lowest BCUT2D eigenvalue weighted by Crippen LogP contribution is -2.54. The summed E-state index contributed by atoms with van der Waals surface area (Å²) in [4.78, 5) is 29.1. The molecular weight excluding hydrogens is 326 g/mol. The standard InChI is InChI=1S/C19H22F2N2O2/c20-19(21)11-14(12-19)16(24)22-9-4-7-18(13-22)8-10-23(17(18)25)15-5-2-1-3-6-15/h1-3,5-6,14H,4,7-13H2. The molecular formula is C19H22F2N2O2. The summed E-state index contributed by atoms with van der Waals surface area (Å²) in [6.07, 6.45) is 1.53. The van der Waals surface area contributed by atoms with Crippen LogP contribution >= 0.6 is 0 Å². The third kappa shape index (κ3) is 2.81. The summed E-state index contributed by atoms with van der Waals surface area (Å²) >= 11 is 0. The Morgan fingerprint density at radius 1 is 1.08 bits per heavy atom. The summed E-state index contributed by atoms with van der Waals surface area (Å²) in [5.74, 6) is -3.40. The third-order valence-corrected chi connectivity index (χ3v) is 5.91. The number of anilines is 1. The number of amides is 2. The summed E-state index contributed by atoms with van der Waals surface area (Å²) in [5, 5.41) is 0. The van der Waals surface area contributed by atoms with Gasteiger partial charge in [-0.05, 0) is 31.4 Å². The quantitative estimate of drug-likeness (QED) is 0.824. The smallest absolute Gasteiger partial charge is 0.249 e. The molecule has 3 fully saturated rings. The van der Waals surface area contributed by atoms with Crippen LogP contribution in [0.5, 0.6) is 0 Å². The number of piperidine rings is 1. The average molecular weight is 348 g/mol. The summed E-state index contributed by atoms with van der Waals surface area (Å²) < 4.78 is 26.2. The van der Waals surface area contributed by atoms with Crippen molar-refractivity contribution in [1.29, 1.82) is 0 Å². The van der Waals surface area contributed by atoms with Gasteiger partial charge in [0.25, 0.3) is 0 Å². The highest BCUT2D eigenvalue weighted by molar-refractivity contribution is 6.00. The van der Waals surface area contributed by atoms with Crippen molar-refractivity contribution in [2.24, 2.45) is 11.3 Å². The van der Waals surface area contributed by atoms with Crippen molar-refractivity contribution >= 4 is 17.5 Å². The van der Waals surface area contributed by atoms with Gasteiger partial charge in [0, 0.05) is 44.1 Å². The Hall–Kier alpha value is -1.98. The Balaban J connectivity index is 1.47. The number of carbonyl (C=O) groups excluding carboxylic acids is 2. The molecule has 1 spiro atoms. The highest BCUT2D eigenvalue weighted by Gasteiger charge is 2.53. The molecule has 4 rings (SSSR count). The maximum absolute atomic E-state index is 13.1.